The average Bonchev–Trinajstić information content (AvgIpc) is 3.09. The number of hydrogen-bond acceptors (Lipinski definition) is 6. The molecule has 1 amide bonds. The van der Waals surface area contributed by atoms with Crippen molar-refractivity contribution in [3.05, 3.63) is 35.8 Å². The number of ether oxygens (including phenoxy) is 2. The zero-order chi connectivity index (χ0) is 19.0. The van der Waals surface area contributed by atoms with E-state index in [2.05, 4.69) is 25.8 Å². The molecule has 1 spiro atoms. The van der Waals surface area contributed by atoms with Crippen LogP contribution in [0, 0.1) is 0 Å². The van der Waals surface area contributed by atoms with Gasteiger partial charge >= 0.3 is 6.09 Å². The van der Waals surface area contributed by atoms with Crippen molar-refractivity contribution in [3.8, 4) is 0 Å². The molecule has 0 aromatic carbocycles. The fraction of sp³-hybridized carbons (Fsp3) is 0.550. The second kappa shape index (κ2) is 7.09. The minimum absolute atomic E-state index is 0.0441. The molecule has 3 N–H and O–H groups in total. The molecule has 2 aromatic rings. The van der Waals surface area contributed by atoms with Gasteiger partial charge in [0, 0.05) is 42.7 Å². The van der Waals surface area contributed by atoms with E-state index in [1.165, 1.54) is 0 Å². The molecule has 148 valence electrons. The van der Waals surface area contributed by atoms with Crippen LogP contribution in [0.15, 0.2) is 24.4 Å². The summed E-state index contributed by atoms with van der Waals surface area (Å²) in [5, 5.41) is 13.7. The number of pyridine rings is 1. The predicted molar refractivity (Wildman–Crippen MR) is 102 cm³/mol. The van der Waals surface area contributed by atoms with E-state index in [9.17, 15) is 4.79 Å². The molecule has 1 aliphatic heterocycles. The summed E-state index contributed by atoms with van der Waals surface area (Å²) < 4.78 is 11.7. The lowest BCUT2D eigenvalue weighted by atomic mass is 10.0. The van der Waals surface area contributed by atoms with Crippen LogP contribution in [-0.4, -0.2) is 40.5 Å². The standard InChI is InChI=1S/C20H25N5O3/c26-19-22-7-1-9-27-20(5-6-20)17-11-14(4-8-21-17)23-18-12-16(24-25-18)13-2-3-15(10-13)28-19/h4,8,11-13,15H,1-3,5-7,9-10H2,(H,22,26)(H2,23,24,25)/t13-,15+/m0/s1. The Bertz CT molecular complexity index is 863. The van der Waals surface area contributed by atoms with Gasteiger partial charge in [0.1, 0.15) is 11.7 Å². The Morgan fingerprint density at radius 3 is 3.04 bits per heavy atom. The van der Waals surface area contributed by atoms with Crippen molar-refractivity contribution in [2.45, 2.75) is 56.1 Å². The van der Waals surface area contributed by atoms with Gasteiger partial charge < -0.3 is 20.1 Å². The van der Waals surface area contributed by atoms with E-state index in [0.29, 0.717) is 19.1 Å². The lowest BCUT2D eigenvalue weighted by molar-refractivity contribution is 0.0255. The van der Waals surface area contributed by atoms with Crippen molar-refractivity contribution >= 4 is 17.6 Å². The largest absolute Gasteiger partial charge is 0.446 e. The number of amides is 1. The number of carbonyl (C=O) groups excluding carboxylic acids is 1. The highest BCUT2D eigenvalue weighted by Gasteiger charge is 2.47. The minimum Gasteiger partial charge on any atom is -0.446 e. The van der Waals surface area contributed by atoms with Crippen LogP contribution >= 0.6 is 0 Å². The van der Waals surface area contributed by atoms with E-state index in [0.717, 1.165) is 61.4 Å². The van der Waals surface area contributed by atoms with Crippen LogP contribution in [0.3, 0.4) is 0 Å². The molecule has 2 saturated carbocycles. The van der Waals surface area contributed by atoms with Crippen LogP contribution < -0.4 is 10.6 Å². The maximum atomic E-state index is 12.0. The minimum atomic E-state index is -0.339. The van der Waals surface area contributed by atoms with Crippen LogP contribution in [0.5, 0.6) is 0 Å². The molecule has 8 heteroatoms. The van der Waals surface area contributed by atoms with Gasteiger partial charge in [-0.05, 0) is 50.7 Å². The summed E-state index contributed by atoms with van der Waals surface area (Å²) in [6.45, 7) is 1.12. The first-order valence-electron chi connectivity index (χ1n) is 10.1. The summed E-state index contributed by atoms with van der Waals surface area (Å²) >= 11 is 0. The van der Waals surface area contributed by atoms with E-state index in [-0.39, 0.29) is 17.8 Å². The van der Waals surface area contributed by atoms with Crippen LogP contribution in [0.25, 0.3) is 0 Å². The predicted octanol–water partition coefficient (Wildman–Crippen LogP) is 3.32. The molecular formula is C20H25N5O3. The van der Waals surface area contributed by atoms with Gasteiger partial charge in [0.25, 0.3) is 0 Å². The number of nitrogens with one attached hydrogen (secondary N) is 3. The van der Waals surface area contributed by atoms with Crippen LogP contribution in [0.4, 0.5) is 16.3 Å². The Morgan fingerprint density at radius 2 is 2.14 bits per heavy atom. The van der Waals surface area contributed by atoms with E-state index < -0.39 is 0 Å². The Hall–Kier alpha value is -2.61. The highest BCUT2D eigenvalue weighted by atomic mass is 16.6. The molecular weight excluding hydrogens is 358 g/mol. The molecule has 3 heterocycles. The Labute approximate surface area is 163 Å². The van der Waals surface area contributed by atoms with Gasteiger partial charge in [-0.2, -0.15) is 5.10 Å². The molecule has 6 bridgehead atoms. The summed E-state index contributed by atoms with van der Waals surface area (Å²) in [5.74, 6) is 1.11. The Kier molecular flexibility index (Phi) is 4.43. The van der Waals surface area contributed by atoms with Crippen molar-refractivity contribution in [2.75, 3.05) is 18.5 Å². The van der Waals surface area contributed by atoms with Crippen molar-refractivity contribution < 1.29 is 14.3 Å². The zero-order valence-corrected chi connectivity index (χ0v) is 15.7. The second-order valence-corrected chi connectivity index (χ2v) is 7.92. The monoisotopic (exact) mass is 383 g/mol. The zero-order valence-electron chi connectivity index (χ0n) is 15.7. The van der Waals surface area contributed by atoms with Gasteiger partial charge in [-0.15, -0.1) is 0 Å². The lowest BCUT2D eigenvalue weighted by Gasteiger charge is -2.17. The first kappa shape index (κ1) is 17.5. The number of fused-ring (bicyclic) bond motifs is 8. The molecule has 2 atom stereocenters. The summed E-state index contributed by atoms with van der Waals surface area (Å²) in [6.07, 6.45) is 6.78. The van der Waals surface area contributed by atoms with Gasteiger partial charge in [-0.1, -0.05) is 0 Å². The molecule has 0 radical (unpaired) electrons. The molecule has 2 fully saturated rings. The van der Waals surface area contributed by atoms with Crippen molar-refractivity contribution in [1.82, 2.24) is 20.5 Å². The van der Waals surface area contributed by atoms with Gasteiger partial charge in [-0.25, -0.2) is 4.79 Å². The van der Waals surface area contributed by atoms with Crippen LogP contribution in [-0.2, 0) is 15.1 Å². The number of alkyl carbamates (subject to hydrolysis) is 1. The fourth-order valence-electron chi connectivity index (χ4n) is 4.16. The van der Waals surface area contributed by atoms with E-state index >= 15 is 0 Å². The van der Waals surface area contributed by atoms with Gasteiger partial charge in [-0.3, -0.25) is 10.1 Å². The fourth-order valence-corrected chi connectivity index (χ4v) is 4.16. The quantitative estimate of drug-likeness (QED) is 0.645. The van der Waals surface area contributed by atoms with Gasteiger partial charge in [0.05, 0.1) is 5.69 Å². The maximum Gasteiger partial charge on any atom is 0.407 e. The average molecular weight is 383 g/mol. The molecule has 28 heavy (non-hydrogen) atoms. The summed E-state index contributed by atoms with van der Waals surface area (Å²) in [5.41, 5.74) is 2.69. The second-order valence-electron chi connectivity index (χ2n) is 7.92. The van der Waals surface area contributed by atoms with Crippen molar-refractivity contribution in [3.63, 3.8) is 0 Å². The smallest absolute Gasteiger partial charge is 0.407 e. The molecule has 0 saturated heterocycles. The number of rotatable bonds is 0. The summed E-state index contributed by atoms with van der Waals surface area (Å²) in [4.78, 5) is 16.6. The highest BCUT2D eigenvalue weighted by Crippen LogP contribution is 2.49. The molecule has 8 nitrogen and oxygen atoms in total. The molecule has 2 aromatic heterocycles. The third-order valence-corrected chi connectivity index (χ3v) is 5.87. The number of nitrogens with zero attached hydrogens (tertiary/aromatic N) is 2. The lowest BCUT2D eigenvalue weighted by Crippen LogP contribution is -2.29. The van der Waals surface area contributed by atoms with E-state index in [4.69, 9.17) is 9.47 Å². The molecule has 0 unspecified atom stereocenters. The molecule has 5 rings (SSSR count). The molecule has 3 aliphatic rings. The maximum absolute atomic E-state index is 12.0. The van der Waals surface area contributed by atoms with Crippen molar-refractivity contribution in [2.24, 2.45) is 0 Å². The third-order valence-electron chi connectivity index (χ3n) is 5.87. The summed E-state index contributed by atoms with van der Waals surface area (Å²) in [6, 6.07) is 6.03. The number of aromatic amines is 1. The summed E-state index contributed by atoms with van der Waals surface area (Å²) in [7, 11) is 0. The Morgan fingerprint density at radius 1 is 1.21 bits per heavy atom. The van der Waals surface area contributed by atoms with Gasteiger partial charge in [0.2, 0.25) is 0 Å². The van der Waals surface area contributed by atoms with Crippen LogP contribution in [0.1, 0.15) is 55.8 Å². The SMILES string of the molecule is O=C1NCCCOC2(CC2)c2cc(ccn2)Nc2cc([nH]n2)[C@H]2CC[C@H](C2)O1. The third kappa shape index (κ3) is 3.56. The Balaban J connectivity index is 1.39. The first-order chi connectivity index (χ1) is 13.7. The van der Waals surface area contributed by atoms with E-state index in [1.807, 2.05) is 24.4 Å². The van der Waals surface area contributed by atoms with Crippen molar-refractivity contribution in [1.29, 1.82) is 0 Å². The number of aromatic nitrogens is 3. The first-order valence-corrected chi connectivity index (χ1v) is 10.1. The number of hydrogen-bond donors (Lipinski definition) is 3. The number of carbonyl (C=O) groups is 1. The molecule has 2 aliphatic carbocycles. The van der Waals surface area contributed by atoms with Crippen LogP contribution in [0.2, 0.25) is 0 Å². The number of anilines is 2. The van der Waals surface area contributed by atoms with Gasteiger partial charge in [0.15, 0.2) is 5.82 Å². The highest BCUT2D eigenvalue weighted by molar-refractivity contribution is 5.67. The topological polar surface area (TPSA) is 101 Å². The van der Waals surface area contributed by atoms with E-state index in [1.54, 1.807) is 0 Å². The normalized spacial score (nSPS) is 26.5. The number of H-pyrrole nitrogens is 1.